The fraction of sp³-hybridized carbons (Fsp3) is 0.650. The van der Waals surface area contributed by atoms with Crippen molar-refractivity contribution in [3.8, 4) is 0 Å². The van der Waals surface area contributed by atoms with E-state index in [4.69, 9.17) is 9.47 Å². The molecule has 0 unspecified atom stereocenters. The Labute approximate surface area is 152 Å². The van der Waals surface area contributed by atoms with Crippen LogP contribution in [0.3, 0.4) is 0 Å². The second kappa shape index (κ2) is 11.1. The Morgan fingerprint density at radius 3 is 2.64 bits per heavy atom. The lowest BCUT2D eigenvalue weighted by Gasteiger charge is -2.33. The summed E-state index contributed by atoms with van der Waals surface area (Å²) in [7, 11) is 1.86. The molecule has 5 nitrogen and oxygen atoms in total. The molecule has 140 valence electrons. The van der Waals surface area contributed by atoms with E-state index in [0.717, 1.165) is 38.1 Å². The molecule has 1 aromatic rings. The third kappa shape index (κ3) is 7.04. The second-order valence-corrected chi connectivity index (χ2v) is 6.64. The molecule has 1 saturated heterocycles. The maximum atomic E-state index is 5.65. The molecular weight excluding hydrogens is 314 g/mol. The SMILES string of the molecule is CCOCCOCc1cccc(CNC(=NC)N2CCC(C)CC2)c1. The standard InChI is InChI=1S/C20H33N3O2/c1-4-24-12-13-25-16-19-7-5-6-18(14-19)15-22-20(21-3)23-10-8-17(2)9-11-23/h5-7,14,17H,4,8-13,15-16H2,1-3H3,(H,21,22). The Kier molecular flexibility index (Phi) is 8.77. The first-order valence-corrected chi connectivity index (χ1v) is 9.41. The number of nitrogens with zero attached hydrogens (tertiary/aromatic N) is 2. The molecule has 0 amide bonds. The van der Waals surface area contributed by atoms with E-state index in [1.165, 1.54) is 24.0 Å². The van der Waals surface area contributed by atoms with E-state index in [1.807, 2.05) is 14.0 Å². The summed E-state index contributed by atoms with van der Waals surface area (Å²) in [5, 5.41) is 3.50. The molecule has 0 bridgehead atoms. The normalized spacial score (nSPS) is 16.3. The minimum Gasteiger partial charge on any atom is -0.379 e. The van der Waals surface area contributed by atoms with Crippen LogP contribution in [0.1, 0.15) is 37.8 Å². The minimum absolute atomic E-state index is 0.625. The summed E-state index contributed by atoms with van der Waals surface area (Å²) in [5.74, 6) is 1.83. The van der Waals surface area contributed by atoms with Crippen LogP contribution < -0.4 is 5.32 Å². The highest BCUT2D eigenvalue weighted by molar-refractivity contribution is 5.79. The van der Waals surface area contributed by atoms with Gasteiger partial charge in [0.15, 0.2) is 5.96 Å². The van der Waals surface area contributed by atoms with Crippen molar-refractivity contribution in [3.63, 3.8) is 0 Å². The summed E-state index contributed by atoms with van der Waals surface area (Å²) in [6, 6.07) is 8.52. The number of nitrogens with one attached hydrogen (secondary N) is 1. The number of likely N-dealkylation sites (tertiary alicyclic amines) is 1. The van der Waals surface area contributed by atoms with E-state index in [0.29, 0.717) is 19.8 Å². The van der Waals surface area contributed by atoms with Crippen LogP contribution in [-0.2, 0) is 22.6 Å². The monoisotopic (exact) mass is 347 g/mol. The van der Waals surface area contributed by atoms with Crippen molar-refractivity contribution >= 4 is 5.96 Å². The van der Waals surface area contributed by atoms with Crippen LogP contribution in [0.2, 0.25) is 0 Å². The first-order valence-electron chi connectivity index (χ1n) is 9.41. The van der Waals surface area contributed by atoms with Crippen molar-refractivity contribution in [2.24, 2.45) is 10.9 Å². The van der Waals surface area contributed by atoms with Gasteiger partial charge < -0.3 is 19.7 Å². The fourth-order valence-electron chi connectivity index (χ4n) is 3.02. The summed E-state index contributed by atoms with van der Waals surface area (Å²) in [4.78, 5) is 6.81. The molecule has 0 aromatic heterocycles. The lowest BCUT2D eigenvalue weighted by Crippen LogP contribution is -2.45. The van der Waals surface area contributed by atoms with Gasteiger partial charge in [-0.2, -0.15) is 0 Å². The van der Waals surface area contributed by atoms with Crippen LogP contribution in [-0.4, -0.2) is 50.8 Å². The van der Waals surface area contributed by atoms with Crippen molar-refractivity contribution in [2.45, 2.75) is 39.8 Å². The van der Waals surface area contributed by atoms with Crippen molar-refractivity contribution in [2.75, 3.05) is 40.0 Å². The molecule has 0 saturated carbocycles. The predicted molar refractivity (Wildman–Crippen MR) is 103 cm³/mol. The molecule has 5 heteroatoms. The van der Waals surface area contributed by atoms with Gasteiger partial charge in [-0.15, -0.1) is 0 Å². The van der Waals surface area contributed by atoms with Gasteiger partial charge in [0.1, 0.15) is 0 Å². The molecule has 1 heterocycles. The Bertz CT molecular complexity index is 525. The van der Waals surface area contributed by atoms with Gasteiger partial charge in [0.25, 0.3) is 0 Å². The largest absolute Gasteiger partial charge is 0.379 e. The van der Waals surface area contributed by atoms with Gasteiger partial charge >= 0.3 is 0 Å². The lowest BCUT2D eigenvalue weighted by atomic mass is 9.99. The summed E-state index contributed by atoms with van der Waals surface area (Å²) in [5.41, 5.74) is 2.44. The van der Waals surface area contributed by atoms with E-state index in [-0.39, 0.29) is 0 Å². The molecule has 2 rings (SSSR count). The molecule has 0 atom stereocenters. The maximum Gasteiger partial charge on any atom is 0.193 e. The van der Waals surface area contributed by atoms with E-state index in [2.05, 4.69) is 46.4 Å². The van der Waals surface area contributed by atoms with Crippen molar-refractivity contribution < 1.29 is 9.47 Å². The summed E-state index contributed by atoms with van der Waals surface area (Å²) in [6.45, 7) is 9.94. The number of piperidine rings is 1. The molecule has 1 fully saturated rings. The molecule has 1 aromatic carbocycles. The van der Waals surface area contributed by atoms with Crippen molar-refractivity contribution in [1.29, 1.82) is 0 Å². The third-order valence-corrected chi connectivity index (χ3v) is 4.58. The predicted octanol–water partition coefficient (Wildman–Crippen LogP) is 3.05. The summed E-state index contributed by atoms with van der Waals surface area (Å²) >= 11 is 0. The van der Waals surface area contributed by atoms with E-state index in [9.17, 15) is 0 Å². The fourth-order valence-corrected chi connectivity index (χ4v) is 3.02. The van der Waals surface area contributed by atoms with Gasteiger partial charge in [-0.1, -0.05) is 31.2 Å². The highest BCUT2D eigenvalue weighted by Gasteiger charge is 2.18. The zero-order chi connectivity index (χ0) is 17.9. The molecule has 1 aliphatic rings. The van der Waals surface area contributed by atoms with Crippen molar-refractivity contribution in [3.05, 3.63) is 35.4 Å². The highest BCUT2D eigenvalue weighted by Crippen LogP contribution is 2.16. The van der Waals surface area contributed by atoms with E-state index in [1.54, 1.807) is 0 Å². The first kappa shape index (κ1) is 19.7. The number of ether oxygens (including phenoxy) is 2. The average Bonchev–Trinajstić information content (AvgIpc) is 2.64. The van der Waals surface area contributed by atoms with Gasteiger partial charge in [0.2, 0.25) is 0 Å². The lowest BCUT2D eigenvalue weighted by molar-refractivity contribution is 0.0453. The number of aliphatic imine (C=N–C) groups is 1. The van der Waals surface area contributed by atoms with Crippen LogP contribution in [0.5, 0.6) is 0 Å². The number of hydrogen-bond donors (Lipinski definition) is 1. The van der Waals surface area contributed by atoms with Crippen molar-refractivity contribution in [1.82, 2.24) is 10.2 Å². The van der Waals surface area contributed by atoms with Gasteiger partial charge in [0.05, 0.1) is 19.8 Å². The first-order chi connectivity index (χ1) is 12.2. The molecule has 25 heavy (non-hydrogen) atoms. The summed E-state index contributed by atoms with van der Waals surface area (Å²) in [6.07, 6.45) is 2.49. The van der Waals surface area contributed by atoms with Gasteiger partial charge in [-0.05, 0) is 36.8 Å². The molecule has 0 radical (unpaired) electrons. The Balaban J connectivity index is 1.78. The molecule has 0 aliphatic carbocycles. The average molecular weight is 348 g/mol. The van der Waals surface area contributed by atoms with Crippen LogP contribution >= 0.6 is 0 Å². The smallest absolute Gasteiger partial charge is 0.193 e. The molecule has 0 spiro atoms. The number of benzene rings is 1. The number of rotatable bonds is 8. The van der Waals surface area contributed by atoms with Crippen LogP contribution in [0, 0.1) is 5.92 Å². The third-order valence-electron chi connectivity index (χ3n) is 4.58. The zero-order valence-electron chi connectivity index (χ0n) is 16.0. The van der Waals surface area contributed by atoms with E-state index < -0.39 is 0 Å². The van der Waals surface area contributed by atoms with Gasteiger partial charge in [-0.3, -0.25) is 4.99 Å². The number of hydrogen-bond acceptors (Lipinski definition) is 3. The second-order valence-electron chi connectivity index (χ2n) is 6.64. The van der Waals surface area contributed by atoms with Gasteiger partial charge in [-0.25, -0.2) is 0 Å². The van der Waals surface area contributed by atoms with Crippen LogP contribution in [0.15, 0.2) is 29.3 Å². The summed E-state index contributed by atoms with van der Waals surface area (Å²) < 4.78 is 10.9. The Morgan fingerprint density at radius 1 is 1.20 bits per heavy atom. The molecule has 1 N–H and O–H groups in total. The van der Waals surface area contributed by atoms with Crippen LogP contribution in [0.4, 0.5) is 0 Å². The Morgan fingerprint density at radius 2 is 1.92 bits per heavy atom. The maximum absolute atomic E-state index is 5.65. The van der Waals surface area contributed by atoms with E-state index >= 15 is 0 Å². The topological polar surface area (TPSA) is 46.1 Å². The van der Waals surface area contributed by atoms with Gasteiger partial charge in [0, 0.05) is 33.3 Å². The quantitative estimate of drug-likeness (QED) is 0.446. The van der Waals surface area contributed by atoms with Crippen LogP contribution in [0.25, 0.3) is 0 Å². The number of guanidine groups is 1. The minimum atomic E-state index is 0.625. The molecular formula is C20H33N3O2. The zero-order valence-corrected chi connectivity index (χ0v) is 16.0. The molecule has 1 aliphatic heterocycles. The highest BCUT2D eigenvalue weighted by atomic mass is 16.5. The Hall–Kier alpha value is -1.59.